The minimum atomic E-state index is -3.64. The van der Waals surface area contributed by atoms with Gasteiger partial charge in [-0.3, -0.25) is 4.68 Å². The van der Waals surface area contributed by atoms with Gasteiger partial charge in [-0.25, -0.2) is 24.0 Å². The van der Waals surface area contributed by atoms with Crippen LogP contribution in [0.2, 0.25) is 5.02 Å². The van der Waals surface area contributed by atoms with Crippen LogP contribution in [0.1, 0.15) is 6.42 Å². The summed E-state index contributed by atoms with van der Waals surface area (Å²) in [6.07, 6.45) is 5.29. The van der Waals surface area contributed by atoms with Gasteiger partial charge >= 0.3 is 0 Å². The van der Waals surface area contributed by atoms with Crippen molar-refractivity contribution in [2.45, 2.75) is 17.9 Å². The Morgan fingerprint density at radius 2 is 2.24 bits per heavy atom. The number of hydrogen-bond acceptors (Lipinski definition) is 6. The van der Waals surface area contributed by atoms with Crippen molar-refractivity contribution in [3.8, 4) is 0 Å². The number of sulfonamides is 1. The number of aryl methyl sites for hydroxylation is 1. The molecule has 0 saturated carbocycles. The van der Waals surface area contributed by atoms with Crippen LogP contribution in [0, 0.1) is 0 Å². The van der Waals surface area contributed by atoms with Crippen molar-refractivity contribution in [3.63, 3.8) is 0 Å². The van der Waals surface area contributed by atoms with Gasteiger partial charge < -0.3 is 5.43 Å². The van der Waals surface area contributed by atoms with Crippen molar-refractivity contribution in [1.29, 1.82) is 0 Å². The lowest BCUT2D eigenvalue weighted by atomic mass is 10.4. The molecule has 0 saturated heterocycles. The fourth-order valence-corrected chi connectivity index (χ4v) is 2.97. The second kappa shape index (κ2) is 6.85. The Balaban J connectivity index is 1.93. The zero-order valence-corrected chi connectivity index (χ0v) is 12.6. The van der Waals surface area contributed by atoms with Gasteiger partial charge in [-0.2, -0.15) is 5.10 Å². The normalized spacial score (nSPS) is 11.5. The summed E-state index contributed by atoms with van der Waals surface area (Å²) < 4.78 is 28.3. The van der Waals surface area contributed by atoms with Crippen LogP contribution in [0.15, 0.2) is 35.6 Å². The first kappa shape index (κ1) is 15.7. The molecular formula is C11H15ClN6O2S. The summed E-state index contributed by atoms with van der Waals surface area (Å²) in [6, 6.07) is 3.10. The van der Waals surface area contributed by atoms with Crippen LogP contribution in [0.5, 0.6) is 0 Å². The fraction of sp³-hybridized carbons (Fsp3) is 0.273. The van der Waals surface area contributed by atoms with Gasteiger partial charge in [-0.1, -0.05) is 11.6 Å². The van der Waals surface area contributed by atoms with Crippen molar-refractivity contribution in [2.24, 2.45) is 5.84 Å². The summed E-state index contributed by atoms with van der Waals surface area (Å²) in [5.74, 6) is 5.40. The maximum absolute atomic E-state index is 12.1. The summed E-state index contributed by atoms with van der Waals surface area (Å²) in [5.41, 5.74) is 2.27. The Morgan fingerprint density at radius 1 is 1.43 bits per heavy atom. The van der Waals surface area contributed by atoms with E-state index in [9.17, 15) is 8.42 Å². The SMILES string of the molecule is NNc1ncc(S(=O)(=O)NCCCn2cccn2)cc1Cl. The third kappa shape index (κ3) is 4.14. The van der Waals surface area contributed by atoms with Gasteiger partial charge in [0.05, 0.1) is 5.02 Å². The third-order valence-corrected chi connectivity index (χ3v) is 4.39. The fourth-order valence-electron chi connectivity index (χ4n) is 1.64. The van der Waals surface area contributed by atoms with E-state index in [1.165, 1.54) is 12.3 Å². The summed E-state index contributed by atoms with van der Waals surface area (Å²) >= 11 is 5.86. The molecule has 2 rings (SSSR count). The number of nitrogens with one attached hydrogen (secondary N) is 2. The lowest BCUT2D eigenvalue weighted by molar-refractivity contribution is 0.552. The first-order valence-electron chi connectivity index (χ1n) is 6.12. The van der Waals surface area contributed by atoms with Gasteiger partial charge in [0.25, 0.3) is 0 Å². The first-order chi connectivity index (χ1) is 10.0. The molecule has 0 spiro atoms. The van der Waals surface area contributed by atoms with Crippen molar-refractivity contribution < 1.29 is 8.42 Å². The van der Waals surface area contributed by atoms with Crippen LogP contribution in [-0.2, 0) is 16.6 Å². The summed E-state index contributed by atoms with van der Waals surface area (Å²) in [4.78, 5) is 3.82. The summed E-state index contributed by atoms with van der Waals surface area (Å²) in [5, 5.41) is 4.17. The number of hydrazine groups is 1. The van der Waals surface area contributed by atoms with Gasteiger partial charge in [0.15, 0.2) is 5.82 Å². The Labute approximate surface area is 127 Å². The van der Waals surface area contributed by atoms with Crippen LogP contribution in [0.3, 0.4) is 0 Å². The largest absolute Gasteiger partial charge is 0.307 e. The molecule has 0 aromatic carbocycles. The predicted molar refractivity (Wildman–Crippen MR) is 79.1 cm³/mol. The zero-order chi connectivity index (χ0) is 15.3. The quantitative estimate of drug-likeness (QED) is 0.389. The molecule has 0 bridgehead atoms. The van der Waals surface area contributed by atoms with Crippen LogP contribution in [0.25, 0.3) is 0 Å². The molecule has 2 heterocycles. The second-order valence-electron chi connectivity index (χ2n) is 4.17. The van der Waals surface area contributed by atoms with E-state index in [0.29, 0.717) is 13.0 Å². The first-order valence-corrected chi connectivity index (χ1v) is 7.98. The molecule has 2 aromatic heterocycles. The van der Waals surface area contributed by atoms with E-state index in [2.05, 4.69) is 20.2 Å². The van der Waals surface area contributed by atoms with Gasteiger partial charge in [0, 0.05) is 31.7 Å². The molecule has 21 heavy (non-hydrogen) atoms. The van der Waals surface area contributed by atoms with Gasteiger partial charge in [0.1, 0.15) is 4.90 Å². The Hall–Kier alpha value is -1.68. The van der Waals surface area contributed by atoms with E-state index in [1.807, 2.05) is 12.3 Å². The molecule has 0 atom stereocenters. The van der Waals surface area contributed by atoms with Gasteiger partial charge in [0.2, 0.25) is 10.0 Å². The number of anilines is 1. The van der Waals surface area contributed by atoms with E-state index < -0.39 is 10.0 Å². The summed E-state index contributed by atoms with van der Waals surface area (Å²) in [6.45, 7) is 0.918. The number of halogens is 1. The smallest absolute Gasteiger partial charge is 0.242 e. The average Bonchev–Trinajstić information content (AvgIpc) is 2.97. The minimum absolute atomic E-state index is 0.00871. The highest BCUT2D eigenvalue weighted by Gasteiger charge is 2.15. The predicted octanol–water partition coefficient (Wildman–Crippen LogP) is 0.586. The number of pyridine rings is 1. The Bertz CT molecular complexity index is 689. The van der Waals surface area contributed by atoms with Crippen molar-refractivity contribution >= 4 is 27.4 Å². The maximum atomic E-state index is 12.1. The van der Waals surface area contributed by atoms with Gasteiger partial charge in [-0.15, -0.1) is 0 Å². The molecule has 0 aliphatic carbocycles. The standard InChI is InChI=1S/C11H15ClN6O2S/c12-10-7-9(8-14-11(10)17-13)21(19,20)16-4-2-6-18-5-1-3-15-18/h1,3,5,7-8,16H,2,4,6,13H2,(H,14,17). The molecule has 10 heteroatoms. The lowest BCUT2D eigenvalue weighted by Gasteiger charge is -2.08. The highest BCUT2D eigenvalue weighted by atomic mass is 35.5. The number of nitrogens with zero attached hydrogens (tertiary/aromatic N) is 3. The third-order valence-electron chi connectivity index (χ3n) is 2.68. The Morgan fingerprint density at radius 3 is 2.86 bits per heavy atom. The minimum Gasteiger partial charge on any atom is -0.307 e. The van der Waals surface area contributed by atoms with Crippen LogP contribution in [0.4, 0.5) is 5.82 Å². The second-order valence-corrected chi connectivity index (χ2v) is 6.34. The van der Waals surface area contributed by atoms with E-state index in [4.69, 9.17) is 17.4 Å². The van der Waals surface area contributed by atoms with Crippen molar-refractivity contribution in [3.05, 3.63) is 35.7 Å². The molecule has 0 aliphatic heterocycles. The topological polar surface area (TPSA) is 115 Å². The molecule has 0 radical (unpaired) electrons. The number of rotatable bonds is 7. The maximum Gasteiger partial charge on any atom is 0.242 e. The molecule has 0 aliphatic rings. The summed E-state index contributed by atoms with van der Waals surface area (Å²) in [7, 11) is -3.64. The Kier molecular flexibility index (Phi) is 5.12. The van der Waals surface area contributed by atoms with Crippen molar-refractivity contribution in [1.82, 2.24) is 19.5 Å². The van der Waals surface area contributed by atoms with E-state index in [-0.39, 0.29) is 22.3 Å². The molecular weight excluding hydrogens is 316 g/mol. The van der Waals surface area contributed by atoms with E-state index >= 15 is 0 Å². The molecule has 0 amide bonds. The van der Waals surface area contributed by atoms with Crippen LogP contribution >= 0.6 is 11.6 Å². The number of hydrogen-bond donors (Lipinski definition) is 3. The van der Waals surface area contributed by atoms with Crippen LogP contribution in [-0.4, -0.2) is 29.7 Å². The molecule has 114 valence electrons. The highest BCUT2D eigenvalue weighted by molar-refractivity contribution is 7.89. The molecule has 0 unspecified atom stereocenters. The molecule has 2 aromatic rings. The molecule has 4 N–H and O–H groups in total. The van der Waals surface area contributed by atoms with E-state index in [0.717, 1.165) is 0 Å². The molecule has 8 nitrogen and oxygen atoms in total. The number of nitrogens with two attached hydrogens (primary N) is 1. The number of aromatic nitrogens is 3. The number of nitrogen functional groups attached to an aromatic ring is 1. The zero-order valence-electron chi connectivity index (χ0n) is 11.0. The lowest BCUT2D eigenvalue weighted by Crippen LogP contribution is -2.26. The van der Waals surface area contributed by atoms with Gasteiger partial charge in [-0.05, 0) is 18.6 Å². The molecule has 0 fully saturated rings. The van der Waals surface area contributed by atoms with E-state index in [1.54, 1.807) is 10.9 Å². The average molecular weight is 331 g/mol. The van der Waals surface area contributed by atoms with Crippen molar-refractivity contribution in [2.75, 3.05) is 12.0 Å². The monoisotopic (exact) mass is 330 g/mol. The highest BCUT2D eigenvalue weighted by Crippen LogP contribution is 2.21. The van der Waals surface area contributed by atoms with Crippen LogP contribution < -0.4 is 16.0 Å².